The molecule has 1 saturated heterocycles. The zero-order valence-corrected chi connectivity index (χ0v) is 18.6. The van der Waals surface area contributed by atoms with E-state index in [1.807, 2.05) is 44.2 Å². The first-order valence-electron chi connectivity index (χ1n) is 10.2. The number of rotatable bonds is 6. The van der Waals surface area contributed by atoms with Gasteiger partial charge in [0, 0.05) is 37.3 Å². The molecule has 0 N–H and O–H groups in total. The van der Waals surface area contributed by atoms with Crippen LogP contribution in [0.25, 0.3) is 10.2 Å². The summed E-state index contributed by atoms with van der Waals surface area (Å²) in [4.78, 5) is 17.3. The monoisotopic (exact) mass is 414 g/mol. The Bertz CT molecular complexity index is 954. The van der Waals surface area contributed by atoms with Crippen LogP contribution in [-0.4, -0.2) is 55.2 Å². The molecule has 5 nitrogen and oxygen atoms in total. The van der Waals surface area contributed by atoms with E-state index in [0.717, 1.165) is 49.7 Å². The Kier molecular flexibility index (Phi) is 7.47. The minimum Gasteiger partial charge on any atom is -0.496 e. The number of thiophene rings is 1. The van der Waals surface area contributed by atoms with Gasteiger partial charge in [-0.2, -0.15) is 0 Å². The van der Waals surface area contributed by atoms with Gasteiger partial charge in [0.05, 0.1) is 30.8 Å². The number of aromatic nitrogens is 1. The van der Waals surface area contributed by atoms with Crippen molar-refractivity contribution in [2.24, 2.45) is 0 Å². The largest absolute Gasteiger partial charge is 0.496 e. The van der Waals surface area contributed by atoms with Gasteiger partial charge in [0.2, 0.25) is 5.78 Å². The molecule has 3 heterocycles. The summed E-state index contributed by atoms with van der Waals surface area (Å²) in [5.41, 5.74) is 1.85. The van der Waals surface area contributed by atoms with Crippen LogP contribution in [0.15, 0.2) is 36.4 Å². The molecule has 0 bridgehead atoms. The molecule has 0 spiro atoms. The number of morpholine rings is 1. The Balaban J connectivity index is 0.00000117. The molecule has 1 aliphatic rings. The Labute approximate surface area is 176 Å². The van der Waals surface area contributed by atoms with Crippen molar-refractivity contribution in [2.75, 3.05) is 40.0 Å². The molecule has 6 heteroatoms. The van der Waals surface area contributed by atoms with Crippen LogP contribution in [0.3, 0.4) is 0 Å². The lowest BCUT2D eigenvalue weighted by Gasteiger charge is -2.26. The number of benzene rings is 1. The molecule has 0 unspecified atom stereocenters. The summed E-state index contributed by atoms with van der Waals surface area (Å²) in [5, 5.41) is 1.14. The number of ketones is 1. The maximum absolute atomic E-state index is 13.0. The normalized spacial score (nSPS) is 14.5. The molecule has 0 saturated carbocycles. The molecule has 3 aromatic rings. The van der Waals surface area contributed by atoms with Crippen molar-refractivity contribution in [2.45, 2.75) is 27.3 Å². The fourth-order valence-corrected chi connectivity index (χ4v) is 4.77. The van der Waals surface area contributed by atoms with Gasteiger partial charge in [0.25, 0.3) is 0 Å². The summed E-state index contributed by atoms with van der Waals surface area (Å²) < 4.78 is 13.1. The summed E-state index contributed by atoms with van der Waals surface area (Å²) in [6.07, 6.45) is 0. The Morgan fingerprint density at radius 3 is 2.59 bits per heavy atom. The predicted octanol–water partition coefficient (Wildman–Crippen LogP) is 4.61. The molecule has 1 aliphatic heterocycles. The first-order valence-corrected chi connectivity index (χ1v) is 11.1. The molecule has 156 valence electrons. The van der Waals surface area contributed by atoms with Gasteiger partial charge in [-0.05, 0) is 31.2 Å². The fraction of sp³-hybridized carbons (Fsp3) is 0.435. The molecule has 0 amide bonds. The molecule has 0 aliphatic carbocycles. The number of fused-ring (bicyclic) bond motifs is 1. The van der Waals surface area contributed by atoms with Crippen LogP contribution in [0.5, 0.6) is 5.75 Å². The molecule has 2 aromatic heterocycles. The van der Waals surface area contributed by atoms with E-state index in [2.05, 4.69) is 22.5 Å². The highest BCUT2D eigenvalue weighted by molar-refractivity contribution is 7.20. The minimum atomic E-state index is 0.0195. The average molecular weight is 415 g/mol. The third-order valence-electron chi connectivity index (χ3n) is 5.09. The van der Waals surface area contributed by atoms with Crippen molar-refractivity contribution in [3.63, 3.8) is 0 Å². The highest BCUT2D eigenvalue weighted by atomic mass is 32.1. The first-order chi connectivity index (χ1) is 14.2. The van der Waals surface area contributed by atoms with E-state index in [4.69, 9.17) is 9.47 Å². The van der Waals surface area contributed by atoms with Gasteiger partial charge in [-0.1, -0.05) is 26.0 Å². The topological polar surface area (TPSA) is 43.7 Å². The van der Waals surface area contributed by atoms with Gasteiger partial charge in [-0.15, -0.1) is 11.3 Å². The van der Waals surface area contributed by atoms with Crippen LogP contribution < -0.4 is 4.74 Å². The number of hydrogen-bond donors (Lipinski definition) is 0. The van der Waals surface area contributed by atoms with Crippen molar-refractivity contribution in [3.8, 4) is 5.75 Å². The van der Waals surface area contributed by atoms with E-state index in [0.29, 0.717) is 11.3 Å². The molecule has 4 rings (SSSR count). The number of nitrogens with zero attached hydrogens (tertiary/aromatic N) is 2. The molecule has 1 fully saturated rings. The smallest absolute Gasteiger partial charge is 0.206 e. The van der Waals surface area contributed by atoms with Crippen LogP contribution >= 0.6 is 11.3 Å². The van der Waals surface area contributed by atoms with E-state index in [-0.39, 0.29) is 5.78 Å². The Hall–Kier alpha value is -2.15. The predicted molar refractivity (Wildman–Crippen MR) is 120 cm³/mol. The Morgan fingerprint density at radius 1 is 1.14 bits per heavy atom. The van der Waals surface area contributed by atoms with E-state index in [1.165, 1.54) is 10.5 Å². The molecule has 29 heavy (non-hydrogen) atoms. The third kappa shape index (κ3) is 4.71. The molecule has 1 aromatic carbocycles. The van der Waals surface area contributed by atoms with Crippen LogP contribution in [0, 0.1) is 6.92 Å². The standard InChI is InChI=1S/C21H24N2O3S.C2H6/c1-15-13-16-14-19(20(24)17-5-3-4-6-18(17)25-2)27-21(16)23(15)8-7-22-9-11-26-12-10-22;1-2/h3-6,13-14H,7-12H2,1-2H3;1-2H3. The maximum Gasteiger partial charge on any atom is 0.206 e. The summed E-state index contributed by atoms with van der Waals surface area (Å²) in [6.45, 7) is 11.7. The SMILES string of the molecule is CC.COc1ccccc1C(=O)c1cc2cc(C)n(CCN3CCOCC3)c2s1. The van der Waals surface area contributed by atoms with Gasteiger partial charge >= 0.3 is 0 Å². The first kappa shape index (κ1) is 21.6. The number of carbonyl (C=O) groups is 1. The van der Waals surface area contributed by atoms with Crippen molar-refractivity contribution in [3.05, 3.63) is 52.5 Å². The highest BCUT2D eigenvalue weighted by Crippen LogP contribution is 2.32. The number of aryl methyl sites for hydroxylation is 1. The molecular formula is C23H30N2O3S. The summed E-state index contributed by atoms with van der Waals surface area (Å²) >= 11 is 1.57. The van der Waals surface area contributed by atoms with Gasteiger partial charge in [-0.3, -0.25) is 9.69 Å². The number of para-hydroxylation sites is 1. The lowest BCUT2D eigenvalue weighted by atomic mass is 10.1. The third-order valence-corrected chi connectivity index (χ3v) is 6.27. The number of carbonyl (C=O) groups excluding carboxylic acids is 1. The maximum atomic E-state index is 13.0. The van der Waals surface area contributed by atoms with Crippen LogP contribution in [0.4, 0.5) is 0 Å². The van der Waals surface area contributed by atoms with Crippen molar-refractivity contribution < 1.29 is 14.3 Å². The second kappa shape index (κ2) is 10.1. The fourth-order valence-electron chi connectivity index (χ4n) is 3.59. The lowest BCUT2D eigenvalue weighted by molar-refractivity contribution is 0.0365. The summed E-state index contributed by atoms with van der Waals surface area (Å²) in [6, 6.07) is 11.6. The van der Waals surface area contributed by atoms with E-state index in [9.17, 15) is 4.79 Å². The van der Waals surface area contributed by atoms with Crippen molar-refractivity contribution >= 4 is 27.3 Å². The van der Waals surface area contributed by atoms with E-state index in [1.54, 1.807) is 18.4 Å². The van der Waals surface area contributed by atoms with E-state index >= 15 is 0 Å². The van der Waals surface area contributed by atoms with Gasteiger partial charge < -0.3 is 14.0 Å². The van der Waals surface area contributed by atoms with Crippen molar-refractivity contribution in [1.29, 1.82) is 0 Å². The second-order valence-corrected chi connectivity index (χ2v) is 7.82. The lowest BCUT2D eigenvalue weighted by Crippen LogP contribution is -2.38. The average Bonchev–Trinajstić information content (AvgIpc) is 3.31. The quantitative estimate of drug-likeness (QED) is 0.553. The second-order valence-electron chi connectivity index (χ2n) is 6.79. The number of methoxy groups -OCH3 is 1. The summed E-state index contributed by atoms with van der Waals surface area (Å²) in [7, 11) is 1.60. The van der Waals surface area contributed by atoms with Gasteiger partial charge in [0.1, 0.15) is 10.6 Å². The van der Waals surface area contributed by atoms with Crippen LogP contribution in [-0.2, 0) is 11.3 Å². The van der Waals surface area contributed by atoms with Crippen LogP contribution in [0.1, 0.15) is 34.8 Å². The van der Waals surface area contributed by atoms with Crippen molar-refractivity contribution in [1.82, 2.24) is 9.47 Å². The van der Waals surface area contributed by atoms with E-state index < -0.39 is 0 Å². The molecular weight excluding hydrogens is 384 g/mol. The zero-order chi connectivity index (χ0) is 20.8. The highest BCUT2D eigenvalue weighted by Gasteiger charge is 2.19. The Morgan fingerprint density at radius 2 is 1.86 bits per heavy atom. The molecule has 0 atom stereocenters. The summed E-state index contributed by atoms with van der Waals surface area (Å²) in [5.74, 6) is 0.637. The van der Waals surface area contributed by atoms with Gasteiger partial charge in [0.15, 0.2) is 0 Å². The number of hydrogen-bond acceptors (Lipinski definition) is 5. The number of ether oxygens (including phenoxy) is 2. The zero-order valence-electron chi connectivity index (χ0n) is 17.7. The van der Waals surface area contributed by atoms with Crippen LogP contribution in [0.2, 0.25) is 0 Å². The molecule has 0 radical (unpaired) electrons. The minimum absolute atomic E-state index is 0.0195. The van der Waals surface area contributed by atoms with Gasteiger partial charge in [-0.25, -0.2) is 0 Å².